The van der Waals surface area contributed by atoms with Gasteiger partial charge in [0.2, 0.25) is 15.9 Å². The van der Waals surface area contributed by atoms with Crippen LogP contribution in [0.2, 0.25) is 36.3 Å². The van der Waals surface area contributed by atoms with Crippen LogP contribution in [-0.2, 0) is 28.5 Å². The predicted molar refractivity (Wildman–Crippen MR) is 263 cm³/mol. The topological polar surface area (TPSA) is 123 Å². The lowest BCUT2D eigenvalue weighted by Crippen LogP contribution is -2.54. The minimum atomic E-state index is -3.83. The summed E-state index contributed by atoms with van der Waals surface area (Å²) in [5, 5.41) is 14.8. The molecule has 13 heteroatoms. The quantitative estimate of drug-likeness (QED) is 0.107. The highest BCUT2D eigenvalue weighted by Gasteiger charge is 2.72. The van der Waals surface area contributed by atoms with Crippen molar-refractivity contribution in [1.82, 2.24) is 9.29 Å². The van der Waals surface area contributed by atoms with Gasteiger partial charge in [-0.1, -0.05) is 94.7 Å². The van der Waals surface area contributed by atoms with Gasteiger partial charge in [-0.2, -0.15) is 0 Å². The number of allylic oxidation sites excluding steroid dienone is 1. The SMILES string of the molecule is C/C(=C/C[C@H](O[Si](C)(C)C(C)(C)C)/C(C)=C/c1csc(C)n1)CCC[C@H](C)[C@H](O)[C@@H](C)C(=O)C(C)(C)[C@H](CC(=O)N1[C@H]2C[C@H]3CC[C@]2(CS1(=O)=O)C3(C)C)O[Si](C)(C)C(C)(C)C. The molecule has 1 aromatic rings. The van der Waals surface area contributed by atoms with Crippen molar-refractivity contribution in [3.63, 3.8) is 0 Å². The molecular formula is C49H86N2O7S2Si2. The predicted octanol–water partition coefficient (Wildman–Crippen LogP) is 12.1. The number of ketones is 1. The number of fused-ring (bicyclic) bond motifs is 1. The van der Waals surface area contributed by atoms with Crippen molar-refractivity contribution >= 4 is 55.8 Å². The monoisotopic (exact) mass is 935 g/mol. The van der Waals surface area contributed by atoms with Crippen LogP contribution < -0.4 is 0 Å². The van der Waals surface area contributed by atoms with Crippen molar-refractivity contribution in [2.75, 3.05) is 5.75 Å². The third kappa shape index (κ3) is 10.9. The Labute approximate surface area is 384 Å². The minimum Gasteiger partial charge on any atom is -0.412 e. The number of sulfonamides is 1. The van der Waals surface area contributed by atoms with Crippen LogP contribution in [0.4, 0.5) is 0 Å². The zero-order valence-electron chi connectivity index (χ0n) is 42.2. The van der Waals surface area contributed by atoms with Crippen LogP contribution in [0.25, 0.3) is 6.08 Å². The van der Waals surface area contributed by atoms with Crippen LogP contribution in [0.1, 0.15) is 159 Å². The lowest BCUT2D eigenvalue weighted by atomic mass is 9.69. The lowest BCUT2D eigenvalue weighted by Gasteiger charge is -2.45. The average Bonchev–Trinajstić information content (AvgIpc) is 3.78. The molecule has 1 N–H and O–H groups in total. The average molecular weight is 936 g/mol. The molecule has 2 bridgehead atoms. The molecule has 2 aliphatic carbocycles. The number of carbonyl (C=O) groups is 2. The molecule has 4 rings (SSSR count). The van der Waals surface area contributed by atoms with Crippen LogP contribution in [-0.4, -0.2) is 81.2 Å². The number of thiazole rings is 1. The highest BCUT2D eigenvalue weighted by atomic mass is 32.2. The molecule has 1 spiro atoms. The van der Waals surface area contributed by atoms with Crippen LogP contribution in [0.3, 0.4) is 0 Å². The van der Waals surface area contributed by atoms with Crippen molar-refractivity contribution in [3.8, 4) is 0 Å². The third-order valence-electron chi connectivity index (χ3n) is 16.9. The fraction of sp³-hybridized carbons (Fsp3) is 0.816. The molecule has 3 fully saturated rings. The van der Waals surface area contributed by atoms with E-state index in [1.165, 1.54) is 15.5 Å². The number of aliphatic hydroxyl groups excluding tert-OH is 1. The largest absolute Gasteiger partial charge is 0.412 e. The summed E-state index contributed by atoms with van der Waals surface area (Å²) in [5.74, 6) is -1.11. The van der Waals surface area contributed by atoms with E-state index in [9.17, 15) is 23.1 Å². The van der Waals surface area contributed by atoms with Crippen LogP contribution in [0.15, 0.2) is 22.6 Å². The Kier molecular flexibility index (Phi) is 16.0. The Morgan fingerprint density at radius 1 is 1.02 bits per heavy atom. The van der Waals surface area contributed by atoms with Crippen molar-refractivity contribution in [3.05, 3.63) is 33.3 Å². The number of aliphatic hydroxyl groups is 1. The van der Waals surface area contributed by atoms with E-state index >= 15 is 0 Å². The molecule has 2 saturated carbocycles. The second-order valence-electron chi connectivity index (χ2n) is 23.9. The molecule has 8 atom stereocenters. The maximum Gasteiger partial charge on any atom is 0.238 e. The number of carbonyl (C=O) groups excluding carboxylic acids is 2. The minimum absolute atomic E-state index is 0.00316. The summed E-state index contributed by atoms with van der Waals surface area (Å²) in [6, 6.07) is -0.350. The first-order valence-corrected chi connectivity index (χ1v) is 31.7. The van der Waals surface area contributed by atoms with Gasteiger partial charge in [0.15, 0.2) is 16.6 Å². The normalized spacial score (nSPS) is 25.7. The molecule has 62 heavy (non-hydrogen) atoms. The highest BCUT2D eigenvalue weighted by molar-refractivity contribution is 7.90. The van der Waals surface area contributed by atoms with E-state index in [-0.39, 0.29) is 51.5 Å². The maximum absolute atomic E-state index is 14.7. The number of hydrogen-bond acceptors (Lipinski definition) is 9. The number of rotatable bonds is 19. The zero-order valence-corrected chi connectivity index (χ0v) is 45.9. The Morgan fingerprint density at radius 2 is 1.60 bits per heavy atom. The van der Waals surface area contributed by atoms with Crippen LogP contribution in [0.5, 0.6) is 0 Å². The van der Waals surface area contributed by atoms with E-state index < -0.39 is 61.5 Å². The van der Waals surface area contributed by atoms with Gasteiger partial charge in [0.1, 0.15) is 5.78 Å². The van der Waals surface area contributed by atoms with Gasteiger partial charge in [0, 0.05) is 22.1 Å². The maximum atomic E-state index is 14.7. The van der Waals surface area contributed by atoms with E-state index in [1.807, 2.05) is 27.7 Å². The van der Waals surface area contributed by atoms with Crippen LogP contribution in [0, 0.1) is 40.9 Å². The molecule has 1 aromatic heterocycles. The molecule has 1 amide bonds. The third-order valence-corrected chi connectivity index (χ3v) is 28.6. The molecule has 9 nitrogen and oxygen atoms in total. The zero-order chi connectivity index (χ0) is 47.4. The first-order chi connectivity index (χ1) is 28.0. The van der Waals surface area contributed by atoms with Crippen molar-refractivity contribution < 1.29 is 32.0 Å². The summed E-state index contributed by atoms with van der Waals surface area (Å²) in [7, 11) is -8.44. The number of nitrogens with zero attached hydrogens (tertiary/aromatic N) is 2. The van der Waals surface area contributed by atoms with Crippen molar-refractivity contribution in [1.29, 1.82) is 0 Å². The Balaban J connectivity index is 1.46. The molecule has 0 unspecified atom stereocenters. The first kappa shape index (κ1) is 53.1. The summed E-state index contributed by atoms with van der Waals surface area (Å²) in [5.41, 5.74) is 1.64. The lowest BCUT2D eigenvalue weighted by molar-refractivity contribution is -0.143. The van der Waals surface area contributed by atoms with E-state index in [4.69, 9.17) is 8.85 Å². The van der Waals surface area contributed by atoms with E-state index in [0.29, 0.717) is 12.3 Å². The smallest absolute Gasteiger partial charge is 0.238 e. The van der Waals surface area contributed by atoms with E-state index in [0.717, 1.165) is 49.2 Å². The molecule has 0 aromatic carbocycles. The van der Waals surface area contributed by atoms with E-state index in [1.54, 1.807) is 18.3 Å². The van der Waals surface area contributed by atoms with Crippen molar-refractivity contribution in [2.24, 2.45) is 34.0 Å². The molecule has 0 radical (unpaired) electrons. The number of amides is 1. The van der Waals surface area contributed by atoms with Gasteiger partial charge in [0.25, 0.3) is 0 Å². The fourth-order valence-corrected chi connectivity index (χ4v) is 16.1. The number of hydrogen-bond donors (Lipinski definition) is 1. The summed E-state index contributed by atoms with van der Waals surface area (Å²) in [6.45, 7) is 40.1. The van der Waals surface area contributed by atoms with Gasteiger partial charge in [-0.3, -0.25) is 9.59 Å². The molecular weight excluding hydrogens is 849 g/mol. The van der Waals surface area contributed by atoms with Gasteiger partial charge in [0.05, 0.1) is 47.2 Å². The van der Waals surface area contributed by atoms with Gasteiger partial charge in [-0.15, -0.1) is 11.3 Å². The van der Waals surface area contributed by atoms with Gasteiger partial charge >= 0.3 is 0 Å². The molecule has 3 aliphatic rings. The first-order valence-electron chi connectivity index (χ1n) is 23.4. The van der Waals surface area contributed by atoms with Gasteiger partial charge < -0.3 is 14.0 Å². The standard InChI is InChI=1S/C49H86N2O7S2Si2/c1-32(23-24-39(57-61(16,17)45(6,7)8)34(3)27-38-30-59-36(5)50-38)21-20-22-33(2)43(53)35(4)44(54)47(12,13)41(58-62(18,19)46(9,10)11)29-42(52)51-40-28-37-25-26-49(40,48(37,14)15)31-60(51,55)56/h23,27,30,33,35,37,39-41,43,53H,20-22,24-26,28-29,31H2,1-19H3/b32-23-,34-27+/t33-,35+,37+,39-,40-,41-,43-,49+/m0/s1. The highest BCUT2D eigenvalue weighted by Crippen LogP contribution is 2.70. The number of aryl methyl sites for hydroxylation is 1. The van der Waals surface area contributed by atoms with Gasteiger partial charge in [-0.25, -0.2) is 17.7 Å². The summed E-state index contributed by atoms with van der Waals surface area (Å²) >= 11 is 1.65. The fourth-order valence-electron chi connectivity index (χ4n) is 10.2. The molecule has 1 aliphatic heterocycles. The van der Waals surface area contributed by atoms with Crippen LogP contribution >= 0.6 is 11.3 Å². The Hall–Kier alpha value is -1.49. The summed E-state index contributed by atoms with van der Waals surface area (Å²) in [4.78, 5) is 33.8. The second-order valence-corrected chi connectivity index (χ2v) is 36.4. The molecule has 354 valence electrons. The van der Waals surface area contributed by atoms with Crippen molar-refractivity contribution in [2.45, 2.75) is 216 Å². The molecule has 1 saturated heterocycles. The number of aromatic nitrogens is 1. The van der Waals surface area contributed by atoms with E-state index in [2.05, 4.69) is 118 Å². The summed E-state index contributed by atoms with van der Waals surface area (Å²) in [6.07, 6.45) is 8.20. The second kappa shape index (κ2) is 18.7. The Bertz CT molecular complexity index is 1950. The van der Waals surface area contributed by atoms with Gasteiger partial charge in [-0.05, 0) is 131 Å². The summed E-state index contributed by atoms with van der Waals surface area (Å²) < 4.78 is 43.0. The molecule has 2 heterocycles. The number of Topliss-reactive ketones (excluding diaryl/α,β-unsaturated/α-hetero) is 1. The Morgan fingerprint density at radius 3 is 2.13 bits per heavy atom.